The highest BCUT2D eigenvalue weighted by Crippen LogP contribution is 2.17. The summed E-state index contributed by atoms with van der Waals surface area (Å²) in [6, 6.07) is 8.85. The lowest BCUT2D eigenvalue weighted by molar-refractivity contribution is -0.135. The molecule has 18 heavy (non-hydrogen) atoms. The molecule has 1 saturated heterocycles. The Balaban J connectivity index is 1.98. The first-order valence-corrected chi connectivity index (χ1v) is 6.27. The minimum absolute atomic E-state index is 0.117. The van der Waals surface area contributed by atoms with Crippen molar-refractivity contribution < 1.29 is 9.59 Å². The predicted octanol–water partition coefficient (Wildman–Crippen LogP) is 0.746. The Hall–Kier alpha value is -1.68. The lowest BCUT2D eigenvalue weighted by atomic mass is 10.1. The molecule has 0 bridgehead atoms. The van der Waals surface area contributed by atoms with Gasteiger partial charge in [-0.3, -0.25) is 4.79 Å². The fourth-order valence-corrected chi connectivity index (χ4v) is 2.38. The van der Waals surface area contributed by atoms with Crippen LogP contribution in [0.5, 0.6) is 0 Å². The Kier molecular flexibility index (Phi) is 4.10. The third kappa shape index (κ3) is 2.76. The van der Waals surface area contributed by atoms with Gasteiger partial charge < -0.3 is 15.4 Å². The van der Waals surface area contributed by atoms with Gasteiger partial charge in [0.15, 0.2) is 0 Å². The first-order chi connectivity index (χ1) is 8.72. The number of amides is 1. The Morgan fingerprint density at radius 3 is 2.83 bits per heavy atom. The summed E-state index contributed by atoms with van der Waals surface area (Å²) in [6.07, 6.45) is 3.00. The first kappa shape index (κ1) is 12.8. The topological polar surface area (TPSA) is 63.4 Å². The van der Waals surface area contributed by atoms with E-state index in [0.29, 0.717) is 13.0 Å². The van der Waals surface area contributed by atoms with Gasteiger partial charge >= 0.3 is 0 Å². The number of hydrogen-bond donors (Lipinski definition) is 1. The molecule has 96 valence electrons. The number of nitrogens with zero attached hydrogens (tertiary/aromatic N) is 1. The number of carbonyl (C=O) groups excluding carboxylic acids is 2. The van der Waals surface area contributed by atoms with Crippen LogP contribution in [-0.2, 0) is 16.0 Å². The van der Waals surface area contributed by atoms with Crippen molar-refractivity contribution in [1.82, 2.24) is 4.90 Å². The molecule has 1 aliphatic heterocycles. The fraction of sp³-hybridized carbons (Fsp3) is 0.429. The van der Waals surface area contributed by atoms with Crippen LogP contribution in [-0.4, -0.2) is 35.7 Å². The monoisotopic (exact) mass is 246 g/mol. The normalized spacial score (nSPS) is 20.7. The van der Waals surface area contributed by atoms with E-state index < -0.39 is 6.04 Å². The van der Waals surface area contributed by atoms with Gasteiger partial charge in [0.05, 0.1) is 12.1 Å². The molecule has 2 N–H and O–H groups in total. The van der Waals surface area contributed by atoms with Gasteiger partial charge in [-0.1, -0.05) is 30.3 Å². The molecule has 1 aromatic carbocycles. The van der Waals surface area contributed by atoms with Crippen molar-refractivity contribution in [3.05, 3.63) is 35.9 Å². The number of benzene rings is 1. The minimum atomic E-state index is -0.562. The van der Waals surface area contributed by atoms with Crippen LogP contribution in [0, 0.1) is 0 Å². The highest BCUT2D eigenvalue weighted by molar-refractivity contribution is 5.85. The third-order valence-corrected chi connectivity index (χ3v) is 3.36. The first-order valence-electron chi connectivity index (χ1n) is 6.27. The van der Waals surface area contributed by atoms with Crippen molar-refractivity contribution >= 4 is 12.2 Å². The summed E-state index contributed by atoms with van der Waals surface area (Å²) >= 11 is 0. The van der Waals surface area contributed by atoms with Gasteiger partial charge in [0.25, 0.3) is 0 Å². The van der Waals surface area contributed by atoms with E-state index in [1.165, 1.54) is 0 Å². The zero-order valence-electron chi connectivity index (χ0n) is 10.3. The second-order valence-corrected chi connectivity index (χ2v) is 4.67. The van der Waals surface area contributed by atoms with Crippen molar-refractivity contribution in [3.8, 4) is 0 Å². The molecule has 4 heteroatoms. The van der Waals surface area contributed by atoms with E-state index in [4.69, 9.17) is 5.73 Å². The van der Waals surface area contributed by atoms with Crippen LogP contribution >= 0.6 is 0 Å². The van der Waals surface area contributed by atoms with E-state index in [0.717, 1.165) is 24.7 Å². The largest absolute Gasteiger partial charge is 0.332 e. The molecule has 1 aliphatic rings. The Bertz CT molecular complexity index is 419. The molecule has 1 fully saturated rings. The van der Waals surface area contributed by atoms with Crippen LogP contribution in [0.1, 0.15) is 18.4 Å². The average molecular weight is 246 g/mol. The number of aldehydes is 1. The average Bonchev–Trinajstić information content (AvgIpc) is 2.87. The summed E-state index contributed by atoms with van der Waals surface area (Å²) in [5.41, 5.74) is 6.98. The maximum Gasteiger partial charge on any atom is 0.240 e. The number of hydrogen-bond acceptors (Lipinski definition) is 3. The van der Waals surface area contributed by atoms with Gasteiger partial charge in [-0.25, -0.2) is 0 Å². The highest BCUT2D eigenvalue weighted by atomic mass is 16.2. The van der Waals surface area contributed by atoms with E-state index in [9.17, 15) is 9.59 Å². The van der Waals surface area contributed by atoms with E-state index in [1.54, 1.807) is 4.90 Å². The SMILES string of the molecule is N[C@@H](Cc1ccccc1)C(=O)N1CCC[C@@H]1C=O. The van der Waals surface area contributed by atoms with E-state index in [2.05, 4.69) is 0 Å². The molecule has 0 spiro atoms. The summed E-state index contributed by atoms with van der Waals surface area (Å²) in [5.74, 6) is -0.117. The van der Waals surface area contributed by atoms with Crippen molar-refractivity contribution in [1.29, 1.82) is 0 Å². The maximum absolute atomic E-state index is 12.2. The zero-order chi connectivity index (χ0) is 13.0. The van der Waals surface area contributed by atoms with Gasteiger partial charge in [-0.15, -0.1) is 0 Å². The van der Waals surface area contributed by atoms with Gasteiger partial charge in [0, 0.05) is 6.54 Å². The smallest absolute Gasteiger partial charge is 0.240 e. The Morgan fingerprint density at radius 2 is 2.17 bits per heavy atom. The molecule has 1 heterocycles. The molecule has 0 aliphatic carbocycles. The van der Waals surface area contributed by atoms with Crippen LogP contribution in [0.15, 0.2) is 30.3 Å². The van der Waals surface area contributed by atoms with Gasteiger partial charge in [0.1, 0.15) is 6.29 Å². The molecule has 0 aromatic heterocycles. The Labute approximate surface area is 107 Å². The van der Waals surface area contributed by atoms with Gasteiger partial charge in [-0.2, -0.15) is 0 Å². The quantitative estimate of drug-likeness (QED) is 0.797. The molecule has 4 nitrogen and oxygen atoms in total. The molecule has 0 saturated carbocycles. The molecular weight excluding hydrogens is 228 g/mol. The zero-order valence-corrected chi connectivity index (χ0v) is 10.3. The third-order valence-electron chi connectivity index (χ3n) is 3.36. The van der Waals surface area contributed by atoms with Gasteiger partial charge in [0.2, 0.25) is 5.91 Å². The summed E-state index contributed by atoms with van der Waals surface area (Å²) in [7, 11) is 0. The second-order valence-electron chi connectivity index (χ2n) is 4.67. The number of rotatable bonds is 4. The summed E-state index contributed by atoms with van der Waals surface area (Å²) in [6.45, 7) is 0.644. The number of carbonyl (C=O) groups is 2. The molecule has 2 rings (SSSR count). The second kappa shape index (κ2) is 5.78. The van der Waals surface area contributed by atoms with E-state index in [1.807, 2.05) is 30.3 Å². The highest BCUT2D eigenvalue weighted by Gasteiger charge is 2.31. The standard InChI is InChI=1S/C14H18N2O2/c15-13(9-11-5-2-1-3-6-11)14(18)16-8-4-7-12(16)10-17/h1-3,5-6,10,12-13H,4,7-9,15H2/t12-,13+/m1/s1. The summed E-state index contributed by atoms with van der Waals surface area (Å²) < 4.78 is 0. The number of nitrogens with two attached hydrogens (primary N) is 1. The van der Waals surface area contributed by atoms with Crippen LogP contribution in [0.2, 0.25) is 0 Å². The van der Waals surface area contributed by atoms with Crippen LogP contribution in [0.3, 0.4) is 0 Å². The van der Waals surface area contributed by atoms with Crippen molar-refractivity contribution in [2.75, 3.05) is 6.54 Å². The molecule has 1 aromatic rings. The minimum Gasteiger partial charge on any atom is -0.332 e. The van der Waals surface area contributed by atoms with Crippen LogP contribution in [0.4, 0.5) is 0 Å². The molecule has 2 atom stereocenters. The fourth-order valence-electron chi connectivity index (χ4n) is 2.38. The lowest BCUT2D eigenvalue weighted by Gasteiger charge is -2.24. The van der Waals surface area contributed by atoms with Crippen LogP contribution < -0.4 is 5.73 Å². The van der Waals surface area contributed by atoms with Crippen molar-refractivity contribution in [3.63, 3.8) is 0 Å². The van der Waals surface area contributed by atoms with Crippen molar-refractivity contribution in [2.45, 2.75) is 31.3 Å². The van der Waals surface area contributed by atoms with E-state index in [-0.39, 0.29) is 11.9 Å². The van der Waals surface area contributed by atoms with E-state index >= 15 is 0 Å². The Morgan fingerprint density at radius 1 is 1.44 bits per heavy atom. The summed E-state index contributed by atoms with van der Waals surface area (Å²) in [5, 5.41) is 0. The van der Waals surface area contributed by atoms with Gasteiger partial charge in [-0.05, 0) is 24.8 Å². The summed E-state index contributed by atoms with van der Waals surface area (Å²) in [4.78, 5) is 24.6. The lowest BCUT2D eigenvalue weighted by Crippen LogP contribution is -2.47. The molecule has 1 amide bonds. The van der Waals surface area contributed by atoms with Crippen molar-refractivity contribution in [2.24, 2.45) is 5.73 Å². The number of likely N-dealkylation sites (tertiary alicyclic amines) is 1. The predicted molar refractivity (Wildman–Crippen MR) is 68.9 cm³/mol. The molecule has 0 radical (unpaired) electrons. The molecule has 0 unspecified atom stereocenters. The van der Waals surface area contributed by atoms with Crippen LogP contribution in [0.25, 0.3) is 0 Å². The molecular formula is C14H18N2O2. The maximum atomic E-state index is 12.2.